The number of likely N-dealkylation sites (N-methyl/N-ethyl adjacent to an activating group) is 1. The summed E-state index contributed by atoms with van der Waals surface area (Å²) in [6, 6.07) is 4.19. The van der Waals surface area contributed by atoms with Gasteiger partial charge in [0.05, 0.1) is 18.6 Å². The number of carbonyl (C=O) groups is 1. The van der Waals surface area contributed by atoms with Gasteiger partial charge in [-0.15, -0.1) is 24.0 Å². The normalized spacial score (nSPS) is 19.6. The van der Waals surface area contributed by atoms with Crippen LogP contribution in [-0.4, -0.2) is 71.5 Å². The maximum Gasteiger partial charge on any atom is 0.243 e. The molecule has 29 heavy (non-hydrogen) atoms. The number of piperidine rings is 1. The van der Waals surface area contributed by atoms with Crippen molar-refractivity contribution in [3.8, 4) is 0 Å². The van der Waals surface area contributed by atoms with Gasteiger partial charge in [-0.3, -0.25) is 4.79 Å². The maximum atomic E-state index is 12.0. The number of hydrogen-bond acceptors (Lipinski definition) is 4. The summed E-state index contributed by atoms with van der Waals surface area (Å²) in [4.78, 5) is 24.7. The summed E-state index contributed by atoms with van der Waals surface area (Å²) in [5, 5.41) is 3.42. The standard InChI is InChI=1S/C20H30N6O2.HI/c1-16-7-10-25(14-18(16)26-11-9-21-15-26)20(23-13-19(27)24(2)3)22-8-6-17-5-4-12-28-17;/h4-5,9,11-12,15-16,18H,6-8,10,13-14H2,1-3H3,(H,22,23);1H. The van der Waals surface area contributed by atoms with Gasteiger partial charge < -0.3 is 24.1 Å². The fourth-order valence-electron chi connectivity index (χ4n) is 3.40. The van der Waals surface area contributed by atoms with Gasteiger partial charge in [0.2, 0.25) is 5.91 Å². The molecule has 0 aromatic carbocycles. The van der Waals surface area contributed by atoms with Gasteiger partial charge in [0, 0.05) is 52.5 Å². The van der Waals surface area contributed by atoms with Crippen LogP contribution in [0.25, 0.3) is 0 Å². The Hall–Kier alpha value is -2.04. The van der Waals surface area contributed by atoms with E-state index in [1.807, 2.05) is 30.9 Å². The predicted molar refractivity (Wildman–Crippen MR) is 123 cm³/mol. The molecule has 9 heteroatoms. The quantitative estimate of drug-likeness (QED) is 0.364. The van der Waals surface area contributed by atoms with Gasteiger partial charge in [-0.1, -0.05) is 6.92 Å². The zero-order chi connectivity index (χ0) is 19.9. The molecule has 8 nitrogen and oxygen atoms in total. The van der Waals surface area contributed by atoms with E-state index in [4.69, 9.17) is 4.42 Å². The molecule has 1 saturated heterocycles. The average molecular weight is 514 g/mol. The lowest BCUT2D eigenvalue weighted by atomic mass is 9.93. The first-order valence-corrected chi connectivity index (χ1v) is 9.78. The number of likely N-dealkylation sites (tertiary alicyclic amines) is 1. The Morgan fingerprint density at radius 2 is 2.28 bits per heavy atom. The topological polar surface area (TPSA) is 78.9 Å². The third-order valence-corrected chi connectivity index (χ3v) is 5.22. The zero-order valence-corrected chi connectivity index (χ0v) is 19.7. The van der Waals surface area contributed by atoms with E-state index in [9.17, 15) is 4.79 Å². The molecule has 0 spiro atoms. The molecule has 1 N–H and O–H groups in total. The Balaban J connectivity index is 0.00000300. The fourth-order valence-corrected chi connectivity index (χ4v) is 3.40. The van der Waals surface area contributed by atoms with Crippen LogP contribution in [-0.2, 0) is 11.2 Å². The van der Waals surface area contributed by atoms with Crippen molar-refractivity contribution in [3.05, 3.63) is 42.9 Å². The highest BCUT2D eigenvalue weighted by molar-refractivity contribution is 14.0. The molecule has 0 radical (unpaired) electrons. The highest BCUT2D eigenvalue weighted by atomic mass is 127. The Morgan fingerprint density at radius 1 is 1.45 bits per heavy atom. The van der Waals surface area contributed by atoms with Crippen LogP contribution < -0.4 is 5.32 Å². The first-order chi connectivity index (χ1) is 13.5. The summed E-state index contributed by atoms with van der Waals surface area (Å²) in [6.07, 6.45) is 9.22. The van der Waals surface area contributed by atoms with Gasteiger partial charge in [0.25, 0.3) is 0 Å². The highest BCUT2D eigenvalue weighted by Gasteiger charge is 2.29. The third-order valence-electron chi connectivity index (χ3n) is 5.22. The largest absolute Gasteiger partial charge is 0.469 e. The minimum atomic E-state index is -0.0122. The Bertz CT molecular complexity index is 760. The van der Waals surface area contributed by atoms with Crippen molar-refractivity contribution in [2.45, 2.75) is 25.8 Å². The van der Waals surface area contributed by atoms with Gasteiger partial charge in [-0.25, -0.2) is 9.98 Å². The molecule has 0 bridgehead atoms. The molecule has 1 aliphatic heterocycles. The first-order valence-electron chi connectivity index (χ1n) is 9.78. The zero-order valence-electron chi connectivity index (χ0n) is 17.3. The van der Waals surface area contributed by atoms with Crippen molar-refractivity contribution in [1.82, 2.24) is 24.7 Å². The lowest BCUT2D eigenvalue weighted by Gasteiger charge is -2.39. The molecule has 2 atom stereocenters. The Kier molecular flexibility index (Phi) is 8.99. The van der Waals surface area contributed by atoms with Crippen LogP contribution >= 0.6 is 24.0 Å². The predicted octanol–water partition coefficient (Wildman–Crippen LogP) is 2.25. The molecule has 1 aliphatic rings. The highest BCUT2D eigenvalue weighted by Crippen LogP contribution is 2.27. The number of aromatic nitrogens is 2. The fraction of sp³-hybridized carbons (Fsp3) is 0.550. The summed E-state index contributed by atoms with van der Waals surface area (Å²) in [7, 11) is 3.50. The van der Waals surface area contributed by atoms with Gasteiger partial charge >= 0.3 is 0 Å². The van der Waals surface area contributed by atoms with Crippen LogP contribution in [0.2, 0.25) is 0 Å². The average Bonchev–Trinajstić information content (AvgIpc) is 3.38. The van der Waals surface area contributed by atoms with Gasteiger partial charge in [0.15, 0.2) is 5.96 Å². The summed E-state index contributed by atoms with van der Waals surface area (Å²) < 4.78 is 7.57. The molecule has 3 rings (SSSR count). The van der Waals surface area contributed by atoms with Crippen LogP contribution in [0.1, 0.15) is 25.1 Å². The summed E-state index contributed by atoms with van der Waals surface area (Å²) >= 11 is 0. The van der Waals surface area contributed by atoms with Crippen LogP contribution in [0.3, 0.4) is 0 Å². The van der Waals surface area contributed by atoms with E-state index in [2.05, 4.69) is 31.7 Å². The number of nitrogens with one attached hydrogen (secondary N) is 1. The molecule has 0 saturated carbocycles. The number of nitrogens with zero attached hydrogens (tertiary/aromatic N) is 5. The van der Waals surface area contributed by atoms with Crippen molar-refractivity contribution < 1.29 is 9.21 Å². The molecule has 1 amide bonds. The van der Waals surface area contributed by atoms with E-state index in [0.717, 1.165) is 37.7 Å². The van der Waals surface area contributed by atoms with E-state index in [1.54, 1.807) is 25.3 Å². The maximum absolute atomic E-state index is 12.0. The van der Waals surface area contributed by atoms with Gasteiger partial charge in [0.1, 0.15) is 12.3 Å². The van der Waals surface area contributed by atoms with Crippen LogP contribution in [0, 0.1) is 5.92 Å². The van der Waals surface area contributed by atoms with E-state index < -0.39 is 0 Å². The second-order valence-corrected chi connectivity index (χ2v) is 7.47. The van der Waals surface area contributed by atoms with Gasteiger partial charge in [-0.05, 0) is 24.5 Å². The molecule has 3 heterocycles. The molecule has 2 aromatic heterocycles. The minimum absolute atomic E-state index is 0. The molecular formula is C20H31IN6O2. The molecule has 2 aromatic rings. The van der Waals surface area contributed by atoms with Crippen LogP contribution in [0.4, 0.5) is 0 Å². The van der Waals surface area contributed by atoms with Crippen molar-refractivity contribution in [2.75, 3.05) is 40.3 Å². The van der Waals surface area contributed by atoms with E-state index >= 15 is 0 Å². The summed E-state index contributed by atoms with van der Waals surface area (Å²) in [6.45, 7) is 4.86. The second kappa shape index (κ2) is 11.2. The molecule has 0 aliphatic carbocycles. The number of guanidine groups is 1. The van der Waals surface area contributed by atoms with Crippen LogP contribution in [0.15, 0.2) is 46.5 Å². The smallest absolute Gasteiger partial charge is 0.243 e. The summed E-state index contributed by atoms with van der Waals surface area (Å²) in [5.41, 5.74) is 0. The lowest BCUT2D eigenvalue weighted by Crippen LogP contribution is -2.49. The number of aliphatic imine (C=N–C) groups is 1. The van der Waals surface area contributed by atoms with Crippen molar-refractivity contribution in [3.63, 3.8) is 0 Å². The number of halogens is 1. The Morgan fingerprint density at radius 3 is 2.93 bits per heavy atom. The van der Waals surface area contributed by atoms with E-state index in [1.165, 1.54) is 0 Å². The molecular weight excluding hydrogens is 483 g/mol. The molecule has 1 fully saturated rings. The molecule has 160 valence electrons. The Labute approximate surface area is 189 Å². The molecule has 2 unspecified atom stereocenters. The van der Waals surface area contributed by atoms with Gasteiger partial charge in [-0.2, -0.15) is 0 Å². The van der Waals surface area contributed by atoms with E-state index in [0.29, 0.717) is 18.5 Å². The number of furan rings is 1. The summed E-state index contributed by atoms with van der Waals surface area (Å²) in [5.74, 6) is 2.25. The number of amides is 1. The van der Waals surface area contributed by atoms with Crippen molar-refractivity contribution in [2.24, 2.45) is 10.9 Å². The number of carbonyl (C=O) groups excluding carboxylic acids is 1. The number of imidazole rings is 1. The van der Waals surface area contributed by atoms with E-state index in [-0.39, 0.29) is 36.4 Å². The minimum Gasteiger partial charge on any atom is -0.469 e. The number of hydrogen-bond donors (Lipinski definition) is 1. The first kappa shape index (κ1) is 23.2. The van der Waals surface area contributed by atoms with Crippen molar-refractivity contribution in [1.29, 1.82) is 0 Å². The van der Waals surface area contributed by atoms with Crippen LogP contribution in [0.5, 0.6) is 0 Å². The SMILES string of the molecule is CC1CCN(C(=NCC(=O)N(C)C)NCCc2ccco2)CC1n1ccnc1.I. The van der Waals surface area contributed by atoms with Crippen molar-refractivity contribution >= 4 is 35.8 Å². The second-order valence-electron chi connectivity index (χ2n) is 7.47. The lowest BCUT2D eigenvalue weighted by molar-refractivity contribution is -0.127. The third kappa shape index (κ3) is 6.48. The monoisotopic (exact) mass is 514 g/mol. The number of rotatable bonds is 6.